The van der Waals surface area contributed by atoms with E-state index in [4.69, 9.17) is 4.52 Å². The first-order valence-electron chi connectivity index (χ1n) is 9.63. The molecule has 0 radical (unpaired) electrons. The molecule has 5 rings (SSSR count). The maximum atomic E-state index is 5.52. The molecule has 0 amide bonds. The third kappa shape index (κ3) is 2.88. The summed E-state index contributed by atoms with van der Waals surface area (Å²) in [6, 6.07) is 8.84. The second kappa shape index (κ2) is 6.83. The van der Waals surface area contributed by atoms with Gasteiger partial charge in [-0.2, -0.15) is 4.98 Å². The minimum absolute atomic E-state index is 0.281. The van der Waals surface area contributed by atoms with E-state index in [0.29, 0.717) is 29.9 Å². The quantitative estimate of drug-likeness (QED) is 0.585. The van der Waals surface area contributed by atoms with Crippen molar-refractivity contribution in [2.45, 2.75) is 32.9 Å². The predicted molar refractivity (Wildman–Crippen MR) is 105 cm³/mol. The summed E-state index contributed by atoms with van der Waals surface area (Å²) in [6.07, 6.45) is 5.91. The Balaban J connectivity index is 1.45. The molecule has 0 saturated heterocycles. The van der Waals surface area contributed by atoms with Crippen LogP contribution in [0.3, 0.4) is 0 Å². The summed E-state index contributed by atoms with van der Waals surface area (Å²) >= 11 is 0. The normalized spacial score (nSPS) is 17.3. The highest BCUT2D eigenvalue weighted by molar-refractivity contribution is 5.85. The fraction of sp³-hybridized carbons (Fsp3) is 0.333. The molecule has 0 spiro atoms. The molecule has 1 aliphatic rings. The smallest absolute Gasteiger partial charge is 0.241 e. The van der Waals surface area contributed by atoms with Crippen molar-refractivity contribution in [2.75, 3.05) is 6.54 Å². The molecule has 0 bridgehead atoms. The number of hydrogen-bond donors (Lipinski definition) is 1. The van der Waals surface area contributed by atoms with Gasteiger partial charge in [-0.3, -0.25) is 9.88 Å². The molecule has 1 aromatic carbocycles. The molecule has 142 valence electrons. The topological polar surface area (TPSA) is 83.7 Å². The van der Waals surface area contributed by atoms with E-state index in [9.17, 15) is 0 Å². The number of aromatic nitrogens is 5. The van der Waals surface area contributed by atoms with Crippen LogP contribution in [0.25, 0.3) is 22.4 Å². The molecule has 1 atom stereocenters. The molecule has 1 aliphatic heterocycles. The molecular weight excluding hydrogens is 352 g/mol. The average molecular weight is 374 g/mol. The van der Waals surface area contributed by atoms with Crippen LogP contribution in [0.2, 0.25) is 0 Å². The fourth-order valence-corrected chi connectivity index (χ4v) is 4.26. The number of H-pyrrole nitrogens is 1. The number of benzene rings is 1. The Kier molecular flexibility index (Phi) is 4.16. The van der Waals surface area contributed by atoms with Gasteiger partial charge in [0.2, 0.25) is 11.7 Å². The van der Waals surface area contributed by atoms with Crippen molar-refractivity contribution >= 4 is 10.9 Å². The minimum atomic E-state index is 0.281. The molecule has 4 aromatic rings. The summed E-state index contributed by atoms with van der Waals surface area (Å²) in [4.78, 5) is 18.9. The van der Waals surface area contributed by atoms with E-state index in [1.165, 1.54) is 22.2 Å². The van der Waals surface area contributed by atoms with E-state index in [1.54, 1.807) is 18.6 Å². The van der Waals surface area contributed by atoms with Gasteiger partial charge in [0, 0.05) is 35.5 Å². The second-order valence-corrected chi connectivity index (χ2v) is 7.57. The highest BCUT2D eigenvalue weighted by Crippen LogP contribution is 2.39. The molecule has 7 heteroatoms. The zero-order chi connectivity index (χ0) is 19.1. The number of para-hydroxylation sites is 1. The van der Waals surface area contributed by atoms with Gasteiger partial charge in [-0.05, 0) is 24.0 Å². The fourth-order valence-electron chi connectivity index (χ4n) is 4.26. The Hall–Kier alpha value is -3.06. The first-order valence-corrected chi connectivity index (χ1v) is 9.63. The van der Waals surface area contributed by atoms with Crippen molar-refractivity contribution in [2.24, 2.45) is 5.92 Å². The Bertz CT molecular complexity index is 1100. The van der Waals surface area contributed by atoms with E-state index < -0.39 is 0 Å². The number of nitrogens with one attached hydrogen (secondary N) is 1. The average Bonchev–Trinajstić information content (AvgIpc) is 3.32. The van der Waals surface area contributed by atoms with Crippen molar-refractivity contribution in [3.05, 3.63) is 60.0 Å². The van der Waals surface area contributed by atoms with Gasteiger partial charge in [-0.1, -0.05) is 37.2 Å². The Labute approximate surface area is 162 Å². The van der Waals surface area contributed by atoms with Gasteiger partial charge in [0.25, 0.3) is 0 Å². The van der Waals surface area contributed by atoms with Crippen LogP contribution < -0.4 is 0 Å². The van der Waals surface area contributed by atoms with Crippen molar-refractivity contribution in [1.29, 1.82) is 0 Å². The van der Waals surface area contributed by atoms with E-state index in [2.05, 4.69) is 68.1 Å². The van der Waals surface area contributed by atoms with Gasteiger partial charge in [-0.25, -0.2) is 4.98 Å². The highest BCUT2D eigenvalue weighted by atomic mass is 16.5. The summed E-state index contributed by atoms with van der Waals surface area (Å²) in [5.74, 6) is 1.54. The first kappa shape index (κ1) is 17.1. The van der Waals surface area contributed by atoms with E-state index in [0.717, 1.165) is 13.0 Å². The lowest BCUT2D eigenvalue weighted by molar-refractivity contribution is 0.117. The maximum absolute atomic E-state index is 5.52. The number of fused-ring (bicyclic) bond motifs is 3. The molecule has 0 fully saturated rings. The van der Waals surface area contributed by atoms with E-state index >= 15 is 0 Å². The van der Waals surface area contributed by atoms with Crippen LogP contribution in [0.4, 0.5) is 0 Å². The lowest BCUT2D eigenvalue weighted by Gasteiger charge is -2.37. The monoisotopic (exact) mass is 374 g/mol. The number of hydrogen-bond acceptors (Lipinski definition) is 6. The number of nitrogens with zero attached hydrogens (tertiary/aromatic N) is 5. The van der Waals surface area contributed by atoms with Crippen molar-refractivity contribution in [3.63, 3.8) is 0 Å². The SMILES string of the molecule is CC(C)[C@@H]1c2[nH]c3ccccc3c2CCN1Cc1nc(-c2cnccn2)no1. The number of aromatic amines is 1. The van der Waals surface area contributed by atoms with Crippen LogP contribution in [0.1, 0.15) is 37.0 Å². The van der Waals surface area contributed by atoms with Gasteiger partial charge in [0.05, 0.1) is 18.8 Å². The van der Waals surface area contributed by atoms with Crippen LogP contribution in [0.5, 0.6) is 0 Å². The third-order valence-electron chi connectivity index (χ3n) is 5.42. The van der Waals surface area contributed by atoms with Crippen LogP contribution in [0.15, 0.2) is 47.4 Å². The van der Waals surface area contributed by atoms with Crippen LogP contribution in [-0.2, 0) is 13.0 Å². The lowest BCUT2D eigenvalue weighted by Crippen LogP contribution is -2.37. The molecule has 28 heavy (non-hydrogen) atoms. The predicted octanol–water partition coefficient (Wildman–Crippen LogP) is 3.76. The van der Waals surface area contributed by atoms with Crippen molar-refractivity contribution in [3.8, 4) is 11.5 Å². The first-order chi connectivity index (χ1) is 13.7. The Morgan fingerprint density at radius 3 is 2.96 bits per heavy atom. The molecular formula is C21H22N6O. The van der Waals surface area contributed by atoms with E-state index in [1.807, 2.05) is 0 Å². The minimum Gasteiger partial charge on any atom is -0.357 e. The summed E-state index contributed by atoms with van der Waals surface area (Å²) in [6.45, 7) is 6.10. The molecule has 0 unspecified atom stereocenters. The molecule has 0 aliphatic carbocycles. The van der Waals surface area contributed by atoms with Gasteiger partial charge in [-0.15, -0.1) is 0 Å². The largest absolute Gasteiger partial charge is 0.357 e. The van der Waals surface area contributed by atoms with Gasteiger partial charge >= 0.3 is 0 Å². The maximum Gasteiger partial charge on any atom is 0.241 e. The van der Waals surface area contributed by atoms with Crippen LogP contribution in [-0.4, -0.2) is 36.5 Å². The third-order valence-corrected chi connectivity index (χ3v) is 5.42. The van der Waals surface area contributed by atoms with Crippen LogP contribution >= 0.6 is 0 Å². The van der Waals surface area contributed by atoms with Crippen LogP contribution in [0, 0.1) is 5.92 Å². The van der Waals surface area contributed by atoms with Crippen molar-refractivity contribution < 1.29 is 4.52 Å². The molecule has 3 aromatic heterocycles. The molecule has 0 saturated carbocycles. The molecule has 7 nitrogen and oxygen atoms in total. The summed E-state index contributed by atoms with van der Waals surface area (Å²) in [5, 5.41) is 5.42. The van der Waals surface area contributed by atoms with Crippen molar-refractivity contribution in [1.82, 2.24) is 30.0 Å². The second-order valence-electron chi connectivity index (χ2n) is 7.57. The zero-order valence-electron chi connectivity index (χ0n) is 16.0. The highest BCUT2D eigenvalue weighted by Gasteiger charge is 2.33. The van der Waals surface area contributed by atoms with E-state index in [-0.39, 0.29) is 6.04 Å². The summed E-state index contributed by atoms with van der Waals surface area (Å²) < 4.78 is 5.52. The van der Waals surface area contributed by atoms with Gasteiger partial charge in [0.1, 0.15) is 5.69 Å². The number of rotatable bonds is 4. The Morgan fingerprint density at radius 1 is 1.25 bits per heavy atom. The molecule has 4 heterocycles. The summed E-state index contributed by atoms with van der Waals surface area (Å²) in [7, 11) is 0. The summed E-state index contributed by atoms with van der Waals surface area (Å²) in [5.41, 5.74) is 4.59. The standard InChI is InChI=1S/C21H22N6O/c1-13(2)20-19-15(14-5-3-4-6-16(14)24-19)7-10-27(20)12-18-25-21(26-28-18)17-11-22-8-9-23-17/h3-6,8-9,11,13,20,24H,7,10,12H2,1-2H3/t20-/m1/s1. The van der Waals surface area contributed by atoms with Gasteiger partial charge < -0.3 is 9.51 Å². The van der Waals surface area contributed by atoms with Gasteiger partial charge in [0.15, 0.2) is 0 Å². The lowest BCUT2D eigenvalue weighted by atomic mass is 9.90. The zero-order valence-corrected chi connectivity index (χ0v) is 16.0. The molecule has 1 N–H and O–H groups in total. The Morgan fingerprint density at radius 2 is 2.14 bits per heavy atom.